The van der Waals surface area contributed by atoms with Crippen LogP contribution in [0.1, 0.15) is 42.4 Å². The van der Waals surface area contributed by atoms with E-state index in [-0.39, 0.29) is 0 Å². The molecule has 8 heteroatoms. The maximum absolute atomic E-state index is 11.0. The van der Waals surface area contributed by atoms with Crippen LogP contribution in [0.3, 0.4) is 0 Å². The molecule has 1 aromatic carbocycles. The van der Waals surface area contributed by atoms with Crippen LogP contribution in [0.5, 0.6) is 0 Å². The minimum atomic E-state index is -3.63. The summed E-state index contributed by atoms with van der Waals surface area (Å²) in [7, 11) is -3.63. The molecule has 1 atom stereocenters. The topological polar surface area (TPSA) is 112 Å². The lowest BCUT2D eigenvalue weighted by atomic mass is 9.97. The predicted octanol–water partition coefficient (Wildman–Crippen LogP) is 2.51. The Morgan fingerprint density at radius 3 is 2.75 bits per heavy atom. The van der Waals surface area contributed by atoms with Crippen molar-refractivity contribution in [2.75, 3.05) is 24.5 Å². The number of hydrogen-bond acceptors (Lipinski definition) is 5. The molecule has 2 heterocycles. The molecular weight excluding hydrogens is 374 g/mol. The molecule has 7 nitrogen and oxygen atoms in total. The van der Waals surface area contributed by atoms with Gasteiger partial charge in [0.25, 0.3) is 10.2 Å². The van der Waals surface area contributed by atoms with E-state index in [2.05, 4.69) is 46.7 Å². The quantitative estimate of drug-likeness (QED) is 0.799. The summed E-state index contributed by atoms with van der Waals surface area (Å²) in [5.41, 5.74) is 4.86. The van der Waals surface area contributed by atoms with Gasteiger partial charge in [-0.3, -0.25) is 4.98 Å². The average molecular weight is 402 g/mol. The third-order valence-corrected chi connectivity index (χ3v) is 6.20. The standard InChI is InChI=1S/C20H27N5O2S/c1-14-10-18-19(11-15(14)2)23-13-17(12-21)20(18)25-8-3-4-16(6-9-25)5-7-24-28(22,26)27/h10-11,13,16,24H,3-9H2,1-2H3,(H2,22,26,27)/t16-/m0/s1. The minimum Gasteiger partial charge on any atom is -0.370 e. The largest absolute Gasteiger partial charge is 0.370 e. The van der Waals surface area contributed by atoms with Crippen LogP contribution < -0.4 is 14.8 Å². The van der Waals surface area contributed by atoms with Crippen LogP contribution in [0, 0.1) is 31.1 Å². The van der Waals surface area contributed by atoms with Gasteiger partial charge in [-0.15, -0.1) is 0 Å². The lowest BCUT2D eigenvalue weighted by Crippen LogP contribution is -2.32. The summed E-state index contributed by atoms with van der Waals surface area (Å²) in [6.45, 7) is 6.22. The summed E-state index contributed by atoms with van der Waals surface area (Å²) in [6, 6.07) is 6.52. The molecule has 3 N–H and O–H groups in total. The summed E-state index contributed by atoms with van der Waals surface area (Å²) in [6.07, 6.45) is 5.42. The zero-order valence-corrected chi connectivity index (χ0v) is 17.2. The summed E-state index contributed by atoms with van der Waals surface area (Å²) in [4.78, 5) is 6.78. The third-order valence-electron chi connectivity index (χ3n) is 5.60. The van der Waals surface area contributed by atoms with Crippen molar-refractivity contribution in [3.05, 3.63) is 35.0 Å². The first-order chi connectivity index (χ1) is 13.3. The monoisotopic (exact) mass is 401 g/mol. The average Bonchev–Trinajstić information content (AvgIpc) is 2.86. The summed E-state index contributed by atoms with van der Waals surface area (Å²) in [5, 5.41) is 15.7. The molecule has 0 spiro atoms. The van der Waals surface area contributed by atoms with Crippen molar-refractivity contribution >= 4 is 26.8 Å². The highest BCUT2D eigenvalue weighted by molar-refractivity contribution is 7.87. The number of nitrogens with two attached hydrogens (primary N) is 1. The Morgan fingerprint density at radius 1 is 1.29 bits per heavy atom. The Bertz CT molecular complexity index is 1010. The van der Waals surface area contributed by atoms with Gasteiger partial charge in [-0.05, 0) is 68.7 Å². The van der Waals surface area contributed by atoms with Gasteiger partial charge in [0.2, 0.25) is 0 Å². The van der Waals surface area contributed by atoms with Gasteiger partial charge in [0.05, 0.1) is 16.8 Å². The highest BCUT2D eigenvalue weighted by atomic mass is 32.2. The van der Waals surface area contributed by atoms with Crippen LogP contribution in [0.25, 0.3) is 10.9 Å². The van der Waals surface area contributed by atoms with E-state index in [0.717, 1.165) is 55.4 Å². The van der Waals surface area contributed by atoms with Crippen LogP contribution >= 0.6 is 0 Å². The lowest BCUT2D eigenvalue weighted by Gasteiger charge is -2.26. The van der Waals surface area contributed by atoms with E-state index >= 15 is 0 Å². The van der Waals surface area contributed by atoms with Gasteiger partial charge in [0, 0.05) is 31.2 Å². The molecule has 0 unspecified atom stereocenters. The molecule has 1 aliphatic rings. The summed E-state index contributed by atoms with van der Waals surface area (Å²) < 4.78 is 24.5. The first-order valence-electron chi connectivity index (χ1n) is 9.61. The number of nitrogens with one attached hydrogen (secondary N) is 1. The second kappa shape index (κ2) is 8.43. The van der Waals surface area contributed by atoms with Crippen molar-refractivity contribution in [3.8, 4) is 6.07 Å². The molecular formula is C20H27N5O2S. The molecule has 3 rings (SSSR count). The van der Waals surface area contributed by atoms with Crippen molar-refractivity contribution < 1.29 is 8.42 Å². The second-order valence-electron chi connectivity index (χ2n) is 7.60. The highest BCUT2D eigenvalue weighted by Crippen LogP contribution is 2.33. The van der Waals surface area contributed by atoms with Gasteiger partial charge < -0.3 is 4.90 Å². The molecule has 1 fully saturated rings. The molecule has 0 radical (unpaired) electrons. The van der Waals surface area contributed by atoms with E-state index in [9.17, 15) is 13.7 Å². The van der Waals surface area contributed by atoms with Gasteiger partial charge in [-0.25, -0.2) is 9.86 Å². The van der Waals surface area contributed by atoms with Crippen LogP contribution in [0.2, 0.25) is 0 Å². The second-order valence-corrected chi connectivity index (χ2v) is 8.98. The Hall–Kier alpha value is -2.21. The fraction of sp³-hybridized carbons (Fsp3) is 0.500. The van der Waals surface area contributed by atoms with E-state index in [4.69, 9.17) is 5.14 Å². The summed E-state index contributed by atoms with van der Waals surface area (Å²) >= 11 is 0. The van der Waals surface area contributed by atoms with Crippen LogP contribution in [-0.2, 0) is 10.2 Å². The molecule has 0 amide bonds. The van der Waals surface area contributed by atoms with Crippen molar-refractivity contribution in [1.82, 2.24) is 9.71 Å². The van der Waals surface area contributed by atoms with E-state index in [0.29, 0.717) is 18.0 Å². The zero-order valence-electron chi connectivity index (χ0n) is 16.4. The molecule has 28 heavy (non-hydrogen) atoms. The Morgan fingerprint density at radius 2 is 2.04 bits per heavy atom. The Labute approximate surface area is 166 Å². The SMILES string of the molecule is Cc1cc2ncc(C#N)c(N3CCC[C@@H](CCNS(N)(=O)=O)CC3)c2cc1C. The number of fused-ring (bicyclic) bond motifs is 1. The lowest BCUT2D eigenvalue weighted by molar-refractivity contribution is 0.438. The van der Waals surface area contributed by atoms with Crippen LogP contribution in [-0.4, -0.2) is 33.0 Å². The number of benzene rings is 1. The normalized spacial score (nSPS) is 18.1. The molecule has 2 aromatic rings. The number of pyridine rings is 1. The zero-order chi connectivity index (χ0) is 20.3. The number of nitrogens with zero attached hydrogens (tertiary/aromatic N) is 3. The highest BCUT2D eigenvalue weighted by Gasteiger charge is 2.22. The number of anilines is 1. The summed E-state index contributed by atoms with van der Waals surface area (Å²) in [5.74, 6) is 0.432. The molecule has 1 saturated heterocycles. The Kier molecular flexibility index (Phi) is 6.18. The minimum absolute atomic E-state index is 0.365. The fourth-order valence-electron chi connectivity index (χ4n) is 3.94. The van der Waals surface area contributed by atoms with Crippen molar-refractivity contribution in [1.29, 1.82) is 5.26 Å². The van der Waals surface area contributed by atoms with Gasteiger partial charge in [0.15, 0.2) is 0 Å². The Balaban J connectivity index is 1.83. The first-order valence-corrected chi connectivity index (χ1v) is 11.2. The van der Waals surface area contributed by atoms with E-state index in [1.54, 1.807) is 6.20 Å². The van der Waals surface area contributed by atoms with E-state index in [1.807, 2.05) is 0 Å². The van der Waals surface area contributed by atoms with Crippen molar-refractivity contribution in [2.24, 2.45) is 11.1 Å². The number of aryl methyl sites for hydroxylation is 2. The predicted molar refractivity (Wildman–Crippen MR) is 111 cm³/mol. The fourth-order valence-corrected chi connectivity index (χ4v) is 4.35. The molecule has 0 bridgehead atoms. The number of nitriles is 1. The number of aromatic nitrogens is 1. The van der Waals surface area contributed by atoms with Gasteiger partial charge in [-0.2, -0.15) is 13.7 Å². The maximum Gasteiger partial charge on any atom is 0.274 e. The van der Waals surface area contributed by atoms with Gasteiger partial charge in [0.1, 0.15) is 6.07 Å². The molecule has 0 saturated carbocycles. The van der Waals surface area contributed by atoms with Crippen LogP contribution in [0.15, 0.2) is 18.3 Å². The molecule has 1 aliphatic heterocycles. The first kappa shape index (κ1) is 20.5. The van der Waals surface area contributed by atoms with Gasteiger partial charge in [-0.1, -0.05) is 0 Å². The molecule has 150 valence electrons. The van der Waals surface area contributed by atoms with E-state index < -0.39 is 10.2 Å². The third kappa shape index (κ3) is 4.79. The number of hydrogen-bond donors (Lipinski definition) is 2. The number of rotatable bonds is 5. The molecule has 0 aliphatic carbocycles. The maximum atomic E-state index is 11.0. The van der Waals surface area contributed by atoms with Crippen molar-refractivity contribution in [3.63, 3.8) is 0 Å². The van der Waals surface area contributed by atoms with E-state index in [1.165, 1.54) is 11.1 Å². The smallest absolute Gasteiger partial charge is 0.274 e. The molecule has 1 aromatic heterocycles. The van der Waals surface area contributed by atoms with Crippen molar-refractivity contribution in [2.45, 2.75) is 39.5 Å². The van der Waals surface area contributed by atoms with Crippen LogP contribution in [0.4, 0.5) is 5.69 Å². The van der Waals surface area contributed by atoms with Gasteiger partial charge >= 0.3 is 0 Å².